The highest BCUT2D eigenvalue weighted by molar-refractivity contribution is 5.99. The summed E-state index contributed by atoms with van der Waals surface area (Å²) >= 11 is 0. The predicted octanol–water partition coefficient (Wildman–Crippen LogP) is 4.57. The molecule has 0 bridgehead atoms. The Morgan fingerprint density at radius 1 is 1.18 bits per heavy atom. The van der Waals surface area contributed by atoms with Gasteiger partial charge in [-0.2, -0.15) is 13.2 Å². The molecule has 1 aliphatic carbocycles. The Labute approximate surface area is 229 Å². The van der Waals surface area contributed by atoms with Gasteiger partial charge in [0.2, 0.25) is 0 Å². The van der Waals surface area contributed by atoms with Gasteiger partial charge < -0.3 is 29.9 Å². The Bertz CT molecular complexity index is 1350. The summed E-state index contributed by atoms with van der Waals surface area (Å²) in [5.41, 5.74) is -0.114. The zero-order valence-corrected chi connectivity index (χ0v) is 22.4. The first kappa shape index (κ1) is 28.0. The van der Waals surface area contributed by atoms with E-state index in [4.69, 9.17) is 9.84 Å². The molecule has 1 unspecified atom stereocenters. The quantitative estimate of drug-likeness (QED) is 0.476. The van der Waals surface area contributed by atoms with Gasteiger partial charge in [-0.3, -0.25) is 9.59 Å². The van der Waals surface area contributed by atoms with Gasteiger partial charge in [-0.25, -0.2) is 4.79 Å². The van der Waals surface area contributed by atoms with E-state index in [0.717, 1.165) is 6.07 Å². The third-order valence-corrected chi connectivity index (χ3v) is 8.45. The van der Waals surface area contributed by atoms with Crippen LogP contribution in [0.3, 0.4) is 0 Å². The van der Waals surface area contributed by atoms with Crippen molar-refractivity contribution in [2.24, 2.45) is 5.41 Å². The van der Waals surface area contributed by atoms with Crippen LogP contribution in [0, 0.1) is 12.3 Å². The van der Waals surface area contributed by atoms with Gasteiger partial charge in [0, 0.05) is 56.1 Å². The number of halogens is 3. The van der Waals surface area contributed by atoms with E-state index >= 15 is 0 Å². The van der Waals surface area contributed by atoms with Crippen LogP contribution in [0.2, 0.25) is 0 Å². The third kappa shape index (κ3) is 5.41. The highest BCUT2D eigenvalue weighted by Gasteiger charge is 2.54. The second-order valence-corrected chi connectivity index (χ2v) is 11.3. The van der Waals surface area contributed by atoms with Crippen LogP contribution in [0.5, 0.6) is 0 Å². The summed E-state index contributed by atoms with van der Waals surface area (Å²) < 4.78 is 47.4. The smallest absolute Gasteiger partial charge is 0.416 e. The fourth-order valence-electron chi connectivity index (χ4n) is 6.34. The number of nitrogens with one attached hydrogen (secondary N) is 2. The molecule has 1 aromatic carbocycles. The van der Waals surface area contributed by atoms with Crippen molar-refractivity contribution in [2.45, 2.75) is 63.8 Å². The molecule has 3 N–H and O–H groups in total. The topological polar surface area (TPSA) is 113 Å². The summed E-state index contributed by atoms with van der Waals surface area (Å²) in [7, 11) is 0. The Balaban J connectivity index is 1.38. The van der Waals surface area contributed by atoms with Gasteiger partial charge >= 0.3 is 12.3 Å². The van der Waals surface area contributed by atoms with Crippen molar-refractivity contribution < 1.29 is 32.6 Å². The van der Waals surface area contributed by atoms with Crippen molar-refractivity contribution in [3.8, 4) is 0 Å². The van der Waals surface area contributed by atoms with E-state index in [1.807, 2.05) is 0 Å². The van der Waals surface area contributed by atoms with Crippen molar-refractivity contribution >= 4 is 17.7 Å². The van der Waals surface area contributed by atoms with Crippen LogP contribution in [0.15, 0.2) is 35.3 Å². The number of rotatable bonds is 6. The lowest BCUT2D eigenvalue weighted by atomic mass is 9.60. The molecule has 1 saturated carbocycles. The van der Waals surface area contributed by atoms with Crippen LogP contribution >= 0.6 is 0 Å². The Kier molecular flexibility index (Phi) is 7.32. The number of benzene rings is 1. The highest BCUT2D eigenvalue weighted by atomic mass is 19.4. The number of aromatic nitrogens is 1. The van der Waals surface area contributed by atoms with Crippen molar-refractivity contribution in [1.82, 2.24) is 14.8 Å². The normalized spacial score (nSPS) is 20.0. The third-order valence-electron chi connectivity index (χ3n) is 8.45. The SMILES string of the molecule is Cc1c(C(C)NC(=O)c2cn(C3CCOCC3)c(=O)cc2NC2CC3(C2)CN(C(=O)O)C3)cccc1C(F)(F)F. The average Bonchev–Trinajstić information content (AvgIpc) is 2.84. The molecule has 0 radical (unpaired) electrons. The standard InChI is InChI=1S/C28H33F3N4O5/c1-16-20(4-3-5-22(16)28(29,30)31)17(2)32-25(37)21-13-35(19-6-8-40-9-7-19)24(36)10-23(21)33-18-11-27(12-18)14-34(15-27)26(38)39/h3-5,10,13,17-19,33H,6-9,11-12,14-15H2,1-2H3,(H,32,37)(H,38,39). The number of hydrogen-bond donors (Lipinski definition) is 3. The lowest BCUT2D eigenvalue weighted by molar-refractivity contribution is -0.138. The van der Waals surface area contributed by atoms with E-state index in [2.05, 4.69) is 10.6 Å². The number of pyridine rings is 1. The molecule has 9 nitrogen and oxygen atoms in total. The monoisotopic (exact) mass is 562 g/mol. The molecule has 2 saturated heterocycles. The van der Waals surface area contributed by atoms with Crippen LogP contribution in [0.4, 0.5) is 23.7 Å². The van der Waals surface area contributed by atoms with Gasteiger partial charge in [0.15, 0.2) is 0 Å². The van der Waals surface area contributed by atoms with Gasteiger partial charge in [0.05, 0.1) is 22.9 Å². The van der Waals surface area contributed by atoms with Crippen LogP contribution in [-0.2, 0) is 10.9 Å². The molecule has 3 heterocycles. The second kappa shape index (κ2) is 10.5. The number of ether oxygens (including phenoxy) is 1. The summed E-state index contributed by atoms with van der Waals surface area (Å²) in [5.74, 6) is -0.512. The fraction of sp³-hybridized carbons (Fsp3) is 0.536. The van der Waals surface area contributed by atoms with Crippen LogP contribution in [0.25, 0.3) is 0 Å². The Morgan fingerprint density at radius 3 is 2.48 bits per heavy atom. The molecule has 1 atom stereocenters. The van der Waals surface area contributed by atoms with Crippen LogP contribution in [-0.4, -0.2) is 58.9 Å². The maximum atomic E-state index is 13.6. The molecular formula is C28H33F3N4O5. The zero-order chi connectivity index (χ0) is 28.8. The van der Waals surface area contributed by atoms with E-state index in [0.29, 0.717) is 63.2 Å². The summed E-state index contributed by atoms with van der Waals surface area (Å²) in [6.07, 6.45) is -1.25. The maximum Gasteiger partial charge on any atom is 0.416 e. The first-order chi connectivity index (χ1) is 18.9. The van der Waals surface area contributed by atoms with E-state index in [1.165, 1.54) is 30.2 Å². The van der Waals surface area contributed by atoms with Gasteiger partial charge in [0.25, 0.3) is 11.5 Å². The summed E-state index contributed by atoms with van der Waals surface area (Å²) in [6, 6.07) is 4.41. The molecule has 2 aliphatic heterocycles. The summed E-state index contributed by atoms with van der Waals surface area (Å²) in [4.78, 5) is 39.2. The minimum Gasteiger partial charge on any atom is -0.465 e. The highest BCUT2D eigenvalue weighted by Crippen LogP contribution is 2.49. The Hall–Kier alpha value is -3.54. The summed E-state index contributed by atoms with van der Waals surface area (Å²) in [6.45, 7) is 4.95. The van der Waals surface area contributed by atoms with Crippen molar-refractivity contribution in [1.29, 1.82) is 0 Å². The molecule has 2 aromatic rings. The lowest BCUT2D eigenvalue weighted by Crippen LogP contribution is -2.66. The van der Waals surface area contributed by atoms with E-state index < -0.39 is 29.8 Å². The molecular weight excluding hydrogens is 529 g/mol. The number of anilines is 1. The van der Waals surface area contributed by atoms with Crippen molar-refractivity contribution in [2.75, 3.05) is 31.6 Å². The van der Waals surface area contributed by atoms with E-state index in [9.17, 15) is 27.6 Å². The molecule has 12 heteroatoms. The average molecular weight is 563 g/mol. The number of alkyl halides is 3. The first-order valence-electron chi connectivity index (χ1n) is 13.4. The largest absolute Gasteiger partial charge is 0.465 e. The number of carbonyl (C=O) groups excluding carboxylic acids is 1. The minimum atomic E-state index is -4.51. The van der Waals surface area contributed by atoms with Crippen LogP contribution in [0.1, 0.15) is 71.7 Å². The number of amides is 2. The molecule has 5 rings (SSSR count). The van der Waals surface area contributed by atoms with E-state index in [-0.39, 0.29) is 34.2 Å². The molecule has 216 valence electrons. The number of carboxylic acid groups (broad SMARTS) is 1. The van der Waals surface area contributed by atoms with Crippen molar-refractivity contribution in [3.63, 3.8) is 0 Å². The van der Waals surface area contributed by atoms with E-state index in [1.54, 1.807) is 17.6 Å². The summed E-state index contributed by atoms with van der Waals surface area (Å²) in [5, 5.41) is 15.3. The number of nitrogens with zero attached hydrogens (tertiary/aromatic N) is 2. The minimum absolute atomic E-state index is 0.0380. The lowest BCUT2D eigenvalue weighted by Gasteiger charge is -2.58. The number of hydrogen-bond acceptors (Lipinski definition) is 5. The van der Waals surface area contributed by atoms with Gasteiger partial charge in [-0.15, -0.1) is 0 Å². The second-order valence-electron chi connectivity index (χ2n) is 11.3. The fourth-order valence-corrected chi connectivity index (χ4v) is 6.34. The molecule has 1 spiro atoms. The number of likely N-dealkylation sites (tertiary alicyclic amines) is 1. The van der Waals surface area contributed by atoms with Gasteiger partial charge in [-0.05, 0) is 56.7 Å². The number of carbonyl (C=O) groups is 2. The zero-order valence-electron chi connectivity index (χ0n) is 22.4. The van der Waals surface area contributed by atoms with Gasteiger partial charge in [0.1, 0.15) is 0 Å². The van der Waals surface area contributed by atoms with Crippen LogP contribution < -0.4 is 16.2 Å². The van der Waals surface area contributed by atoms with Crippen molar-refractivity contribution in [3.05, 3.63) is 63.1 Å². The molecule has 3 fully saturated rings. The molecule has 3 aliphatic rings. The maximum absolute atomic E-state index is 13.6. The molecule has 2 amide bonds. The Morgan fingerprint density at radius 2 is 1.85 bits per heavy atom. The first-order valence-corrected chi connectivity index (χ1v) is 13.4. The molecule has 40 heavy (non-hydrogen) atoms. The predicted molar refractivity (Wildman–Crippen MR) is 141 cm³/mol. The molecule has 1 aromatic heterocycles. The van der Waals surface area contributed by atoms with Gasteiger partial charge in [-0.1, -0.05) is 12.1 Å².